The molecule has 278 valence electrons. The molecule has 14 heteroatoms. The number of aryl methyl sites for hydroxylation is 2. The molecule has 1 aromatic heterocycles. The van der Waals surface area contributed by atoms with Gasteiger partial charge in [-0.15, -0.1) is 6.42 Å². The zero-order valence-corrected chi connectivity index (χ0v) is 29.0. The van der Waals surface area contributed by atoms with Gasteiger partial charge in [-0.05, 0) is 79.5 Å². The van der Waals surface area contributed by atoms with Gasteiger partial charge in [0.05, 0.1) is 36.3 Å². The van der Waals surface area contributed by atoms with Gasteiger partial charge in [0.2, 0.25) is 5.91 Å². The first-order valence-corrected chi connectivity index (χ1v) is 16.8. The third kappa shape index (κ3) is 8.05. The minimum atomic E-state index is -4.88. The summed E-state index contributed by atoms with van der Waals surface area (Å²) < 4.78 is 95.6. The molecule has 4 atom stereocenters. The molecule has 3 heterocycles. The molecule has 8 nitrogen and oxygen atoms in total. The van der Waals surface area contributed by atoms with Crippen molar-refractivity contribution in [2.75, 3.05) is 19.7 Å². The Morgan fingerprint density at radius 1 is 1.10 bits per heavy atom. The number of benzene rings is 2. The topological polar surface area (TPSA) is 101 Å². The molecule has 0 saturated carbocycles. The van der Waals surface area contributed by atoms with E-state index in [2.05, 4.69) is 11.2 Å². The maximum Gasteiger partial charge on any atom is 0.416 e. The van der Waals surface area contributed by atoms with Gasteiger partial charge in [-0.1, -0.05) is 19.8 Å². The van der Waals surface area contributed by atoms with Crippen LogP contribution in [0.3, 0.4) is 0 Å². The van der Waals surface area contributed by atoms with Crippen molar-refractivity contribution in [3.63, 3.8) is 0 Å². The van der Waals surface area contributed by atoms with Crippen molar-refractivity contribution < 1.29 is 45.8 Å². The van der Waals surface area contributed by atoms with Crippen LogP contribution >= 0.6 is 0 Å². The number of halogens is 6. The molecule has 0 unspecified atom stereocenters. The number of hydrogen-bond donors (Lipinski definition) is 2. The van der Waals surface area contributed by atoms with Crippen LogP contribution in [-0.2, 0) is 26.9 Å². The molecule has 2 saturated heterocycles. The number of alkyl halides is 3. The molecular weight excluding hydrogens is 692 g/mol. The van der Waals surface area contributed by atoms with Crippen LogP contribution in [0.1, 0.15) is 78.6 Å². The second kappa shape index (κ2) is 15.2. The van der Waals surface area contributed by atoms with Crippen LogP contribution < -0.4 is 10.9 Å². The fourth-order valence-electron chi connectivity index (χ4n) is 7.36. The van der Waals surface area contributed by atoms with Crippen molar-refractivity contribution in [2.45, 2.75) is 83.8 Å². The molecule has 2 aliphatic rings. The van der Waals surface area contributed by atoms with Gasteiger partial charge < -0.3 is 19.7 Å². The third-order valence-corrected chi connectivity index (χ3v) is 9.68. The van der Waals surface area contributed by atoms with Gasteiger partial charge in [0.1, 0.15) is 23.5 Å². The largest absolute Gasteiger partial charge is 0.481 e. The molecule has 52 heavy (non-hydrogen) atoms. The molecule has 0 aliphatic carbocycles. The van der Waals surface area contributed by atoms with Crippen LogP contribution in [-0.4, -0.2) is 58.3 Å². The van der Waals surface area contributed by atoms with Crippen molar-refractivity contribution in [1.82, 2.24) is 14.8 Å². The van der Waals surface area contributed by atoms with Gasteiger partial charge >= 0.3 is 12.1 Å². The van der Waals surface area contributed by atoms with Crippen molar-refractivity contribution in [2.24, 2.45) is 5.92 Å². The van der Waals surface area contributed by atoms with Crippen molar-refractivity contribution >= 4 is 11.9 Å². The van der Waals surface area contributed by atoms with E-state index in [4.69, 9.17) is 11.2 Å². The fraction of sp³-hybridized carbons (Fsp3) is 0.447. The number of aliphatic carboxylic acids is 1. The molecule has 2 fully saturated rings. The van der Waals surface area contributed by atoms with Crippen molar-refractivity contribution in [1.29, 1.82) is 0 Å². The van der Waals surface area contributed by atoms with E-state index in [-0.39, 0.29) is 65.3 Å². The first-order chi connectivity index (χ1) is 24.4. The number of pyridine rings is 1. The highest BCUT2D eigenvalue weighted by molar-refractivity contribution is 5.82. The number of nitrogens with one attached hydrogen (secondary N) is 1. The first-order valence-electron chi connectivity index (χ1n) is 16.8. The van der Waals surface area contributed by atoms with E-state index in [0.29, 0.717) is 19.2 Å². The number of nitrogens with zero attached hydrogens (tertiary/aromatic N) is 2. The predicted molar refractivity (Wildman–Crippen MR) is 180 cm³/mol. The summed E-state index contributed by atoms with van der Waals surface area (Å²) in [5, 5.41) is 12.2. The van der Waals surface area contributed by atoms with E-state index in [9.17, 15) is 37.1 Å². The average Bonchev–Trinajstić information content (AvgIpc) is 3.66. The number of ether oxygens (including phenoxy) is 1. The first kappa shape index (κ1) is 38.6. The average molecular weight is 732 g/mol. The maximum absolute atomic E-state index is 16.5. The van der Waals surface area contributed by atoms with Gasteiger partial charge in [-0.25, -0.2) is 13.2 Å². The Bertz CT molecular complexity index is 1960. The Balaban J connectivity index is 1.57. The standard InChI is InChI=1S/C38H39F6N3O5/c1-6-22-12-27(33-20(4)10-24(39)11-21(33)5)36(41)34(35(22)40)29(15-32(49)50)45-37(51)30(9-19(2)3)47-16-23(28(14-31(47)48)38(42,43)44)7-8-46-17-26-13-25(46)18-52-26/h1,10-12,14,16,19,25-26,29-30H,7-9,13,15,17-18H2,2-5H3,(H,45,51)(H,49,50)/t25-,26-,29+,30-/m1/s1. The summed E-state index contributed by atoms with van der Waals surface area (Å²) >= 11 is 0. The number of carboxylic acids is 1. The van der Waals surface area contributed by atoms with Gasteiger partial charge in [0, 0.05) is 42.5 Å². The fourth-order valence-corrected chi connectivity index (χ4v) is 7.36. The normalized spacial score (nSPS) is 18.4. The molecule has 3 aromatic rings. The molecule has 2 N–H and O–H groups in total. The van der Waals surface area contributed by atoms with Crippen molar-refractivity contribution in [3.05, 3.63) is 91.6 Å². The lowest BCUT2D eigenvalue weighted by Crippen LogP contribution is -2.41. The molecule has 2 bridgehead atoms. The van der Waals surface area contributed by atoms with Crippen molar-refractivity contribution in [3.8, 4) is 23.5 Å². The number of likely N-dealkylation sites (tertiary alicyclic amines) is 1. The second-order valence-electron chi connectivity index (χ2n) is 13.9. The Hall–Kier alpha value is -4.61. The summed E-state index contributed by atoms with van der Waals surface area (Å²) in [6.07, 6.45) is 1.22. The highest BCUT2D eigenvalue weighted by atomic mass is 19.4. The molecule has 2 aliphatic heterocycles. The SMILES string of the molecule is C#Cc1cc(-c2c(C)cc(F)cc2C)c(F)c([C@H](CC(=O)O)NC(=O)[C@@H](CC(C)C)n2cc(CCN3C[C@H]4C[C@@H]3CO4)c(C(F)(F)F)cc2=O)c1F. The highest BCUT2D eigenvalue weighted by Gasteiger charge is 2.40. The minimum absolute atomic E-state index is 0.00900. The molecule has 2 aromatic carbocycles. The number of amides is 1. The monoisotopic (exact) mass is 731 g/mol. The number of carbonyl (C=O) groups is 2. The lowest BCUT2D eigenvalue weighted by Gasteiger charge is -2.28. The Kier molecular flexibility index (Phi) is 11.3. The summed E-state index contributed by atoms with van der Waals surface area (Å²) in [7, 11) is 0. The van der Waals surface area contributed by atoms with E-state index in [1.807, 2.05) is 4.90 Å². The maximum atomic E-state index is 16.5. The van der Waals surface area contributed by atoms with E-state index in [0.717, 1.165) is 35.4 Å². The van der Waals surface area contributed by atoms with E-state index < -0.39 is 76.3 Å². The van der Waals surface area contributed by atoms with Gasteiger partial charge in [0.15, 0.2) is 0 Å². The van der Waals surface area contributed by atoms with Crippen LogP contribution in [0.4, 0.5) is 26.3 Å². The number of terminal acetylenes is 1. The zero-order valence-electron chi connectivity index (χ0n) is 29.0. The summed E-state index contributed by atoms with van der Waals surface area (Å²) in [4.78, 5) is 41.5. The molecule has 0 spiro atoms. The number of hydrogen-bond acceptors (Lipinski definition) is 5. The summed E-state index contributed by atoms with van der Waals surface area (Å²) in [6, 6.07) is 0.418. The smallest absolute Gasteiger partial charge is 0.416 e. The predicted octanol–water partition coefficient (Wildman–Crippen LogP) is 6.48. The number of rotatable bonds is 12. The minimum Gasteiger partial charge on any atom is -0.481 e. The zero-order chi connectivity index (χ0) is 38.2. The van der Waals surface area contributed by atoms with Gasteiger partial charge in [0.25, 0.3) is 5.56 Å². The molecular formula is C38H39F6N3O5. The van der Waals surface area contributed by atoms with E-state index in [1.54, 1.807) is 13.8 Å². The number of carbonyl (C=O) groups excluding carboxylic acids is 1. The number of carboxylic acid groups (broad SMARTS) is 1. The Morgan fingerprint density at radius 2 is 1.77 bits per heavy atom. The second-order valence-corrected chi connectivity index (χ2v) is 13.9. The number of aromatic nitrogens is 1. The van der Waals surface area contributed by atoms with Crippen LogP contribution in [0.25, 0.3) is 11.1 Å². The van der Waals surface area contributed by atoms with Crippen LogP contribution in [0.2, 0.25) is 0 Å². The summed E-state index contributed by atoms with van der Waals surface area (Å²) in [5.41, 5.74) is -3.39. The van der Waals surface area contributed by atoms with Crippen LogP contribution in [0.15, 0.2) is 35.3 Å². The lowest BCUT2D eigenvalue weighted by molar-refractivity contribution is -0.139. The van der Waals surface area contributed by atoms with Gasteiger partial charge in [-0.2, -0.15) is 13.2 Å². The number of morpholine rings is 1. The Morgan fingerprint density at radius 3 is 2.31 bits per heavy atom. The molecule has 5 rings (SSSR count). The Labute approximate surface area is 296 Å². The molecule has 0 radical (unpaired) electrons. The third-order valence-electron chi connectivity index (χ3n) is 9.68. The number of fused-ring (bicyclic) bond motifs is 2. The van der Waals surface area contributed by atoms with Gasteiger partial charge in [-0.3, -0.25) is 19.3 Å². The van der Waals surface area contributed by atoms with Crippen LogP contribution in [0.5, 0.6) is 0 Å². The molecule has 1 amide bonds. The van der Waals surface area contributed by atoms with Crippen LogP contribution in [0, 0.1) is 49.6 Å². The highest BCUT2D eigenvalue weighted by Crippen LogP contribution is 2.38. The van der Waals surface area contributed by atoms with E-state index >= 15 is 8.78 Å². The quantitative estimate of drug-likeness (QED) is 0.163. The lowest BCUT2D eigenvalue weighted by atomic mass is 9.89. The van der Waals surface area contributed by atoms with E-state index in [1.165, 1.54) is 13.8 Å². The summed E-state index contributed by atoms with van der Waals surface area (Å²) in [5.74, 6) is -3.99. The summed E-state index contributed by atoms with van der Waals surface area (Å²) in [6.45, 7) is 7.67.